The molecule has 0 spiro atoms. The summed E-state index contributed by atoms with van der Waals surface area (Å²) in [6.45, 7) is 1.65. The van der Waals surface area contributed by atoms with Crippen LogP contribution >= 0.6 is 11.6 Å². The summed E-state index contributed by atoms with van der Waals surface area (Å²) in [6, 6.07) is 4.54. The molecule has 0 bridgehead atoms. The normalized spacial score (nSPS) is 12.1. The smallest absolute Gasteiger partial charge is 0.256 e. The van der Waals surface area contributed by atoms with Crippen molar-refractivity contribution in [2.45, 2.75) is 13.0 Å². The molecule has 1 unspecified atom stereocenters. The summed E-state index contributed by atoms with van der Waals surface area (Å²) >= 11 is 5.85. The Morgan fingerprint density at radius 3 is 2.82 bits per heavy atom. The summed E-state index contributed by atoms with van der Waals surface area (Å²) in [5.41, 5.74) is 3.32. The number of hydrogen-bond donors (Lipinski definition) is 3. The van der Waals surface area contributed by atoms with E-state index in [1.807, 2.05) is 0 Å². The molecule has 1 atom stereocenters. The molecule has 1 aromatic carbocycles. The van der Waals surface area contributed by atoms with Crippen molar-refractivity contribution in [2.24, 2.45) is 5.84 Å². The Bertz CT molecular complexity index is 412. The Balaban J connectivity index is 3.06. The first-order valence-corrected chi connectivity index (χ1v) is 5.53. The van der Waals surface area contributed by atoms with Crippen LogP contribution in [0.5, 0.6) is 0 Å². The lowest BCUT2D eigenvalue weighted by Gasteiger charge is -2.24. The number of halogens is 1. The molecule has 0 aromatic heterocycles. The van der Waals surface area contributed by atoms with E-state index in [9.17, 15) is 4.79 Å². The van der Waals surface area contributed by atoms with E-state index in [-0.39, 0.29) is 18.6 Å². The number of amides is 1. The van der Waals surface area contributed by atoms with E-state index in [1.54, 1.807) is 32.2 Å². The van der Waals surface area contributed by atoms with Gasteiger partial charge in [-0.25, -0.2) is 0 Å². The van der Waals surface area contributed by atoms with Crippen molar-refractivity contribution in [1.82, 2.24) is 4.90 Å². The fourth-order valence-corrected chi connectivity index (χ4v) is 1.50. The second kappa shape index (κ2) is 5.86. The van der Waals surface area contributed by atoms with E-state index in [1.165, 1.54) is 4.90 Å². The van der Waals surface area contributed by atoms with Gasteiger partial charge in [0.05, 0.1) is 23.9 Å². The highest BCUT2D eigenvalue weighted by atomic mass is 35.5. The largest absolute Gasteiger partial charge is 0.394 e. The number of rotatable bonds is 4. The van der Waals surface area contributed by atoms with Crippen molar-refractivity contribution in [3.63, 3.8) is 0 Å². The number of nitrogens with two attached hydrogens (primary N) is 1. The lowest BCUT2D eigenvalue weighted by molar-refractivity contribution is 0.0683. The maximum absolute atomic E-state index is 12.1. The summed E-state index contributed by atoms with van der Waals surface area (Å²) < 4.78 is 0. The Morgan fingerprint density at radius 2 is 2.29 bits per heavy atom. The van der Waals surface area contributed by atoms with Crippen LogP contribution in [0, 0.1) is 0 Å². The molecule has 0 aliphatic rings. The molecule has 4 N–H and O–H groups in total. The minimum atomic E-state index is -0.271. The van der Waals surface area contributed by atoms with Gasteiger partial charge in [0, 0.05) is 12.1 Å². The van der Waals surface area contributed by atoms with Gasteiger partial charge in [-0.1, -0.05) is 11.6 Å². The zero-order valence-corrected chi connectivity index (χ0v) is 10.5. The first kappa shape index (κ1) is 13.8. The average molecular weight is 258 g/mol. The summed E-state index contributed by atoms with van der Waals surface area (Å²) in [6.07, 6.45) is 0. The van der Waals surface area contributed by atoms with E-state index in [0.717, 1.165) is 0 Å². The summed E-state index contributed by atoms with van der Waals surface area (Å²) in [5.74, 6) is 5.09. The van der Waals surface area contributed by atoms with Gasteiger partial charge in [0.2, 0.25) is 0 Å². The number of nitrogen functional groups attached to an aromatic ring is 1. The number of nitrogens with zero attached hydrogens (tertiary/aromatic N) is 1. The monoisotopic (exact) mass is 257 g/mol. The number of benzene rings is 1. The highest BCUT2D eigenvalue weighted by Crippen LogP contribution is 2.21. The molecule has 0 radical (unpaired) electrons. The topological polar surface area (TPSA) is 78.6 Å². The predicted octanol–water partition coefficient (Wildman–Crippen LogP) is 1.08. The quantitative estimate of drug-likeness (QED) is 0.557. The molecular weight excluding hydrogens is 242 g/mol. The number of carbonyl (C=O) groups excluding carboxylic acids is 1. The van der Waals surface area contributed by atoms with Crippen LogP contribution in [-0.4, -0.2) is 35.6 Å². The summed E-state index contributed by atoms with van der Waals surface area (Å²) in [5, 5.41) is 9.48. The number of carbonyl (C=O) groups is 1. The van der Waals surface area contributed by atoms with Gasteiger partial charge in [0.25, 0.3) is 5.91 Å². The van der Waals surface area contributed by atoms with E-state index in [2.05, 4.69) is 5.43 Å². The molecule has 1 amide bonds. The number of anilines is 1. The molecule has 0 aliphatic heterocycles. The van der Waals surface area contributed by atoms with Gasteiger partial charge in [-0.2, -0.15) is 0 Å². The van der Waals surface area contributed by atoms with E-state index < -0.39 is 0 Å². The SMILES string of the molecule is CC(CO)N(C)C(=O)c1cc(Cl)ccc1NN. The van der Waals surface area contributed by atoms with Crippen molar-refractivity contribution in [1.29, 1.82) is 0 Å². The molecule has 0 heterocycles. The fraction of sp³-hybridized carbons (Fsp3) is 0.364. The Labute approximate surface area is 105 Å². The number of nitrogens with one attached hydrogen (secondary N) is 1. The predicted molar refractivity (Wildman–Crippen MR) is 67.9 cm³/mol. The zero-order chi connectivity index (χ0) is 13.0. The van der Waals surface area contributed by atoms with Crippen LogP contribution in [0.4, 0.5) is 5.69 Å². The Kier molecular flexibility index (Phi) is 4.74. The summed E-state index contributed by atoms with van der Waals surface area (Å²) in [4.78, 5) is 13.6. The number of aliphatic hydroxyl groups is 1. The van der Waals surface area contributed by atoms with Crippen molar-refractivity contribution in [3.05, 3.63) is 28.8 Å². The highest BCUT2D eigenvalue weighted by molar-refractivity contribution is 6.31. The summed E-state index contributed by atoms with van der Waals surface area (Å²) in [7, 11) is 1.62. The van der Waals surface area contributed by atoms with Gasteiger partial charge in [0.15, 0.2) is 0 Å². The average Bonchev–Trinajstić information content (AvgIpc) is 2.35. The van der Waals surface area contributed by atoms with Crippen molar-refractivity contribution < 1.29 is 9.90 Å². The molecule has 0 aliphatic carbocycles. The Morgan fingerprint density at radius 1 is 1.65 bits per heavy atom. The lowest BCUT2D eigenvalue weighted by atomic mass is 10.1. The van der Waals surface area contributed by atoms with Crippen molar-refractivity contribution in [3.8, 4) is 0 Å². The maximum atomic E-state index is 12.1. The standard InChI is InChI=1S/C11H16ClN3O2/c1-7(6-16)15(2)11(17)9-5-8(12)3-4-10(9)14-13/h3-5,7,14,16H,6,13H2,1-2H3. The maximum Gasteiger partial charge on any atom is 0.256 e. The highest BCUT2D eigenvalue weighted by Gasteiger charge is 2.19. The Hall–Kier alpha value is -1.30. The third-order valence-corrected chi connectivity index (χ3v) is 2.85. The van der Waals surface area contributed by atoms with Crippen LogP contribution < -0.4 is 11.3 Å². The third kappa shape index (κ3) is 3.09. The molecule has 5 nitrogen and oxygen atoms in total. The number of hydrazine groups is 1. The van der Waals surface area contributed by atoms with Gasteiger partial charge in [-0.05, 0) is 25.1 Å². The van der Waals surface area contributed by atoms with Gasteiger partial charge in [-0.15, -0.1) is 0 Å². The molecule has 0 fully saturated rings. The second-order valence-electron chi connectivity index (χ2n) is 3.78. The first-order valence-electron chi connectivity index (χ1n) is 5.15. The van der Waals surface area contributed by atoms with Crippen molar-refractivity contribution >= 4 is 23.2 Å². The third-order valence-electron chi connectivity index (χ3n) is 2.61. The number of hydrogen-bond acceptors (Lipinski definition) is 4. The minimum absolute atomic E-state index is 0.103. The molecule has 94 valence electrons. The molecule has 6 heteroatoms. The van der Waals surface area contributed by atoms with Crippen LogP contribution in [0.15, 0.2) is 18.2 Å². The lowest BCUT2D eigenvalue weighted by Crippen LogP contribution is -2.37. The fourth-order valence-electron chi connectivity index (χ4n) is 1.33. The van der Waals surface area contributed by atoms with E-state index in [0.29, 0.717) is 16.3 Å². The van der Waals surface area contributed by atoms with Crippen LogP contribution in [-0.2, 0) is 0 Å². The molecule has 1 aromatic rings. The molecular formula is C11H16ClN3O2. The minimum Gasteiger partial charge on any atom is -0.394 e. The molecule has 0 saturated carbocycles. The van der Waals surface area contributed by atoms with E-state index >= 15 is 0 Å². The van der Waals surface area contributed by atoms with Crippen LogP contribution in [0.1, 0.15) is 17.3 Å². The van der Waals surface area contributed by atoms with Gasteiger partial charge in [0.1, 0.15) is 0 Å². The van der Waals surface area contributed by atoms with Crippen LogP contribution in [0.25, 0.3) is 0 Å². The van der Waals surface area contributed by atoms with Crippen LogP contribution in [0.2, 0.25) is 5.02 Å². The molecule has 1 rings (SSSR count). The first-order chi connectivity index (χ1) is 8.01. The van der Waals surface area contributed by atoms with Gasteiger partial charge >= 0.3 is 0 Å². The van der Waals surface area contributed by atoms with Gasteiger partial charge < -0.3 is 15.4 Å². The van der Waals surface area contributed by atoms with Crippen molar-refractivity contribution in [2.75, 3.05) is 19.1 Å². The van der Waals surface area contributed by atoms with Gasteiger partial charge in [-0.3, -0.25) is 10.6 Å². The number of aliphatic hydroxyl groups excluding tert-OH is 1. The second-order valence-corrected chi connectivity index (χ2v) is 4.22. The van der Waals surface area contributed by atoms with Crippen LogP contribution in [0.3, 0.4) is 0 Å². The van der Waals surface area contributed by atoms with E-state index in [4.69, 9.17) is 22.6 Å². The zero-order valence-electron chi connectivity index (χ0n) is 9.77. The molecule has 17 heavy (non-hydrogen) atoms. The molecule has 0 saturated heterocycles. The number of likely N-dealkylation sites (N-methyl/N-ethyl adjacent to an activating group) is 1.